The van der Waals surface area contributed by atoms with Crippen LogP contribution < -0.4 is 5.73 Å². The third-order valence-electron chi connectivity index (χ3n) is 4.13. The summed E-state index contributed by atoms with van der Waals surface area (Å²) in [6, 6.07) is 3.51. The van der Waals surface area contributed by atoms with Gasteiger partial charge in [0.2, 0.25) is 10.0 Å². The molecule has 2 N–H and O–H groups in total. The van der Waals surface area contributed by atoms with Gasteiger partial charge < -0.3 is 15.2 Å². The topological polar surface area (TPSA) is 116 Å². The molecule has 0 heterocycles. The van der Waals surface area contributed by atoms with Crippen LogP contribution in [0.4, 0.5) is 0 Å². The van der Waals surface area contributed by atoms with E-state index >= 15 is 0 Å². The standard InChI is InChI=1S/C17H26N2O6S/c1-11(2)14(18)8-9-19(3)26(22,23)15-10-12(16(20)24-4)6-7-13(15)17(21)25-5/h6-7,10-11,14H,8-9,18H2,1-5H3. The van der Waals surface area contributed by atoms with E-state index in [-0.39, 0.29) is 34.5 Å². The largest absolute Gasteiger partial charge is 0.465 e. The van der Waals surface area contributed by atoms with Crippen molar-refractivity contribution in [3.8, 4) is 0 Å². The molecule has 0 radical (unpaired) electrons. The highest BCUT2D eigenvalue weighted by Crippen LogP contribution is 2.23. The number of benzene rings is 1. The Kier molecular flexibility index (Phi) is 7.73. The van der Waals surface area contributed by atoms with Crippen molar-refractivity contribution in [1.82, 2.24) is 4.31 Å². The Morgan fingerprint density at radius 2 is 1.73 bits per heavy atom. The molecule has 0 bridgehead atoms. The molecule has 0 aromatic heterocycles. The van der Waals surface area contributed by atoms with Gasteiger partial charge in [0.1, 0.15) is 0 Å². The molecule has 0 aliphatic heterocycles. The molecule has 0 aliphatic carbocycles. The van der Waals surface area contributed by atoms with E-state index in [0.717, 1.165) is 17.5 Å². The lowest BCUT2D eigenvalue weighted by Crippen LogP contribution is -2.35. The van der Waals surface area contributed by atoms with Gasteiger partial charge in [0, 0.05) is 19.6 Å². The van der Waals surface area contributed by atoms with Crippen molar-refractivity contribution in [2.75, 3.05) is 27.8 Å². The van der Waals surface area contributed by atoms with E-state index in [9.17, 15) is 18.0 Å². The Morgan fingerprint density at radius 1 is 1.15 bits per heavy atom. The van der Waals surface area contributed by atoms with Crippen LogP contribution in [0.2, 0.25) is 0 Å². The third kappa shape index (κ3) is 5.03. The zero-order chi connectivity index (χ0) is 20.1. The van der Waals surface area contributed by atoms with Gasteiger partial charge in [-0.1, -0.05) is 13.8 Å². The van der Waals surface area contributed by atoms with Crippen LogP contribution in [0, 0.1) is 5.92 Å². The average molecular weight is 386 g/mol. The van der Waals surface area contributed by atoms with Crippen LogP contribution in [-0.4, -0.2) is 58.5 Å². The lowest BCUT2D eigenvalue weighted by Gasteiger charge is -2.22. The first-order valence-electron chi connectivity index (χ1n) is 8.08. The second-order valence-corrected chi connectivity index (χ2v) is 8.23. The molecule has 26 heavy (non-hydrogen) atoms. The molecule has 1 aromatic carbocycles. The maximum Gasteiger partial charge on any atom is 0.339 e. The fourth-order valence-electron chi connectivity index (χ4n) is 2.21. The number of hydrogen-bond donors (Lipinski definition) is 1. The number of hydrogen-bond acceptors (Lipinski definition) is 7. The second kappa shape index (κ2) is 9.11. The van der Waals surface area contributed by atoms with Crippen LogP contribution in [0.3, 0.4) is 0 Å². The first-order valence-corrected chi connectivity index (χ1v) is 9.52. The summed E-state index contributed by atoms with van der Waals surface area (Å²) in [5.41, 5.74) is 5.84. The summed E-state index contributed by atoms with van der Waals surface area (Å²) < 4.78 is 36.3. The van der Waals surface area contributed by atoms with Gasteiger partial charge in [-0.2, -0.15) is 0 Å². The highest BCUT2D eigenvalue weighted by molar-refractivity contribution is 7.89. The summed E-state index contributed by atoms with van der Waals surface area (Å²) in [4.78, 5) is 23.4. The Bertz CT molecular complexity index is 761. The molecule has 0 aliphatic rings. The monoisotopic (exact) mass is 386 g/mol. The summed E-state index contributed by atoms with van der Waals surface area (Å²) in [7, 11) is -0.308. The highest BCUT2D eigenvalue weighted by atomic mass is 32.2. The first-order chi connectivity index (χ1) is 12.1. The highest BCUT2D eigenvalue weighted by Gasteiger charge is 2.29. The fraction of sp³-hybridized carbons (Fsp3) is 0.529. The Labute approximate surface area is 154 Å². The van der Waals surface area contributed by atoms with Crippen LogP contribution in [0.25, 0.3) is 0 Å². The van der Waals surface area contributed by atoms with Gasteiger partial charge in [0.25, 0.3) is 0 Å². The van der Waals surface area contributed by atoms with E-state index in [1.165, 1.54) is 26.3 Å². The van der Waals surface area contributed by atoms with E-state index in [2.05, 4.69) is 9.47 Å². The van der Waals surface area contributed by atoms with Crippen LogP contribution in [0.1, 0.15) is 41.0 Å². The number of ether oxygens (including phenoxy) is 2. The lowest BCUT2D eigenvalue weighted by atomic mass is 10.0. The van der Waals surface area contributed by atoms with Crippen LogP contribution in [-0.2, 0) is 19.5 Å². The number of nitrogens with zero attached hydrogens (tertiary/aromatic N) is 1. The third-order valence-corrected chi connectivity index (χ3v) is 6.03. The predicted molar refractivity (Wildman–Crippen MR) is 96.4 cm³/mol. The van der Waals surface area contributed by atoms with Crippen molar-refractivity contribution in [2.24, 2.45) is 11.7 Å². The van der Waals surface area contributed by atoms with Crippen molar-refractivity contribution in [2.45, 2.75) is 31.2 Å². The molecule has 1 rings (SSSR count). The van der Waals surface area contributed by atoms with E-state index in [1.54, 1.807) is 0 Å². The van der Waals surface area contributed by atoms with Gasteiger partial charge in [-0.3, -0.25) is 0 Å². The molecule has 8 nitrogen and oxygen atoms in total. The quantitative estimate of drug-likeness (QED) is 0.668. The molecule has 1 aromatic rings. The number of carbonyl (C=O) groups is 2. The maximum atomic E-state index is 12.9. The van der Waals surface area contributed by atoms with E-state index < -0.39 is 22.0 Å². The van der Waals surface area contributed by atoms with Crippen molar-refractivity contribution >= 4 is 22.0 Å². The zero-order valence-corrected chi connectivity index (χ0v) is 16.5. The molecule has 0 amide bonds. The number of carbonyl (C=O) groups excluding carboxylic acids is 2. The van der Waals surface area contributed by atoms with Gasteiger partial charge in [0.15, 0.2) is 0 Å². The summed E-state index contributed by atoms with van der Waals surface area (Å²) in [6.07, 6.45) is 0.456. The summed E-state index contributed by atoms with van der Waals surface area (Å²) >= 11 is 0. The summed E-state index contributed by atoms with van der Waals surface area (Å²) in [5.74, 6) is -1.31. The Balaban J connectivity index is 3.30. The molecule has 0 spiro atoms. The minimum absolute atomic E-state index is 0.0195. The Morgan fingerprint density at radius 3 is 2.23 bits per heavy atom. The summed E-state index contributed by atoms with van der Waals surface area (Å²) in [6.45, 7) is 4.08. The molecule has 146 valence electrons. The number of rotatable bonds is 8. The first kappa shape index (κ1) is 22.1. The van der Waals surface area contributed by atoms with Crippen molar-refractivity contribution in [3.63, 3.8) is 0 Å². The van der Waals surface area contributed by atoms with Gasteiger partial charge in [-0.25, -0.2) is 22.3 Å². The summed E-state index contributed by atoms with van der Waals surface area (Å²) in [5, 5.41) is 0. The smallest absolute Gasteiger partial charge is 0.339 e. The van der Waals surface area contributed by atoms with Crippen LogP contribution in [0.15, 0.2) is 23.1 Å². The Hall–Kier alpha value is -1.97. The molecule has 1 unspecified atom stereocenters. The van der Waals surface area contributed by atoms with E-state index in [4.69, 9.17) is 5.73 Å². The zero-order valence-electron chi connectivity index (χ0n) is 15.7. The minimum Gasteiger partial charge on any atom is -0.465 e. The molecular formula is C17H26N2O6S. The number of sulfonamides is 1. The van der Waals surface area contributed by atoms with Gasteiger partial charge in [-0.15, -0.1) is 0 Å². The van der Waals surface area contributed by atoms with Crippen molar-refractivity contribution in [1.29, 1.82) is 0 Å². The average Bonchev–Trinajstić information content (AvgIpc) is 2.63. The maximum absolute atomic E-state index is 12.9. The number of methoxy groups -OCH3 is 2. The minimum atomic E-state index is -4.04. The predicted octanol–water partition coefficient (Wildman–Crippen LogP) is 1.25. The van der Waals surface area contributed by atoms with Gasteiger partial charge >= 0.3 is 11.9 Å². The van der Waals surface area contributed by atoms with E-state index in [0.29, 0.717) is 6.42 Å². The lowest BCUT2D eigenvalue weighted by molar-refractivity contribution is 0.0583. The molecule has 0 fully saturated rings. The van der Waals surface area contributed by atoms with Crippen LogP contribution >= 0.6 is 0 Å². The van der Waals surface area contributed by atoms with Gasteiger partial charge in [0.05, 0.1) is 30.2 Å². The van der Waals surface area contributed by atoms with Crippen molar-refractivity contribution in [3.05, 3.63) is 29.3 Å². The molecule has 1 atom stereocenters. The van der Waals surface area contributed by atoms with Crippen molar-refractivity contribution < 1.29 is 27.5 Å². The second-order valence-electron chi connectivity index (χ2n) is 6.22. The number of nitrogens with two attached hydrogens (primary N) is 1. The molecule has 0 saturated heterocycles. The molecule has 9 heteroatoms. The molecule has 0 saturated carbocycles. The van der Waals surface area contributed by atoms with Gasteiger partial charge in [-0.05, 0) is 30.5 Å². The number of esters is 2. The fourth-order valence-corrected chi connectivity index (χ4v) is 3.60. The SMILES string of the molecule is COC(=O)c1ccc(C(=O)OC)c(S(=O)(=O)N(C)CCC(N)C(C)C)c1. The van der Waals surface area contributed by atoms with E-state index in [1.807, 2.05) is 13.8 Å². The van der Waals surface area contributed by atoms with Crippen LogP contribution in [0.5, 0.6) is 0 Å². The molecular weight excluding hydrogens is 360 g/mol. The normalized spacial score (nSPS) is 12.9.